The molecule has 1 N–H and O–H groups in total. The first-order valence-electron chi connectivity index (χ1n) is 7.77. The molecule has 1 atom stereocenters. The second-order valence-corrected chi connectivity index (χ2v) is 6.69. The quantitative estimate of drug-likeness (QED) is 0.863. The Kier molecular flexibility index (Phi) is 3.99. The number of benzene rings is 1. The van der Waals surface area contributed by atoms with Gasteiger partial charge in [0.25, 0.3) is 0 Å². The van der Waals surface area contributed by atoms with Gasteiger partial charge < -0.3 is 10.1 Å². The predicted molar refractivity (Wildman–Crippen MR) is 82.0 cm³/mol. The van der Waals surface area contributed by atoms with Crippen LogP contribution < -0.4 is 10.1 Å². The molecule has 0 bridgehead atoms. The van der Waals surface area contributed by atoms with Crippen molar-refractivity contribution in [1.82, 2.24) is 10.2 Å². The molecular formula is C17H26N2O. The van der Waals surface area contributed by atoms with Crippen molar-refractivity contribution in [1.29, 1.82) is 0 Å². The Balaban J connectivity index is 1.71. The number of hydrogen-bond acceptors (Lipinski definition) is 3. The Labute approximate surface area is 122 Å². The molecule has 2 aliphatic rings. The summed E-state index contributed by atoms with van der Waals surface area (Å²) in [5, 5.41) is 3.51. The molecular weight excluding hydrogens is 248 g/mol. The molecule has 3 rings (SSSR count). The summed E-state index contributed by atoms with van der Waals surface area (Å²) >= 11 is 0. The summed E-state index contributed by atoms with van der Waals surface area (Å²) in [7, 11) is 1.77. The minimum atomic E-state index is 0.435. The van der Waals surface area contributed by atoms with Crippen molar-refractivity contribution in [3.63, 3.8) is 0 Å². The van der Waals surface area contributed by atoms with E-state index in [1.165, 1.54) is 37.9 Å². The van der Waals surface area contributed by atoms with Crippen LogP contribution >= 0.6 is 0 Å². The summed E-state index contributed by atoms with van der Waals surface area (Å²) < 4.78 is 5.50. The molecule has 1 aliphatic heterocycles. The van der Waals surface area contributed by atoms with E-state index >= 15 is 0 Å². The van der Waals surface area contributed by atoms with Crippen molar-refractivity contribution < 1.29 is 4.74 Å². The summed E-state index contributed by atoms with van der Waals surface area (Å²) in [5.41, 5.74) is 1.75. The molecule has 0 radical (unpaired) electrons. The van der Waals surface area contributed by atoms with Gasteiger partial charge in [-0.05, 0) is 37.3 Å². The Morgan fingerprint density at radius 1 is 1.35 bits per heavy atom. The topological polar surface area (TPSA) is 24.5 Å². The van der Waals surface area contributed by atoms with Crippen LogP contribution in [0.3, 0.4) is 0 Å². The average molecular weight is 274 g/mol. The van der Waals surface area contributed by atoms with Crippen molar-refractivity contribution in [2.24, 2.45) is 5.41 Å². The van der Waals surface area contributed by atoms with Crippen LogP contribution in [0.25, 0.3) is 0 Å². The highest BCUT2D eigenvalue weighted by Crippen LogP contribution is 2.35. The molecule has 1 aromatic rings. The van der Waals surface area contributed by atoms with Gasteiger partial charge in [0.15, 0.2) is 0 Å². The van der Waals surface area contributed by atoms with E-state index in [1.807, 2.05) is 6.07 Å². The first-order chi connectivity index (χ1) is 9.70. The van der Waals surface area contributed by atoms with E-state index in [9.17, 15) is 0 Å². The third-order valence-electron chi connectivity index (χ3n) is 4.67. The maximum absolute atomic E-state index is 5.50. The summed E-state index contributed by atoms with van der Waals surface area (Å²) in [6.45, 7) is 6.96. The molecule has 1 aromatic carbocycles. The molecule has 1 unspecified atom stereocenters. The van der Waals surface area contributed by atoms with Gasteiger partial charge in [-0.25, -0.2) is 0 Å². The minimum absolute atomic E-state index is 0.435. The molecule has 3 heteroatoms. The zero-order chi connectivity index (χ0) is 14.0. The first kappa shape index (κ1) is 13.9. The van der Waals surface area contributed by atoms with Crippen molar-refractivity contribution in [3.05, 3.63) is 29.8 Å². The molecule has 0 spiro atoms. The van der Waals surface area contributed by atoms with Gasteiger partial charge in [-0.3, -0.25) is 4.90 Å². The minimum Gasteiger partial charge on any atom is -0.496 e. The number of nitrogens with one attached hydrogen (secondary N) is 1. The highest BCUT2D eigenvalue weighted by atomic mass is 16.5. The number of nitrogens with zero attached hydrogens (tertiary/aromatic N) is 1. The Hall–Kier alpha value is -1.06. The third kappa shape index (κ3) is 3.15. The van der Waals surface area contributed by atoms with E-state index in [1.54, 1.807) is 7.11 Å². The molecule has 2 fully saturated rings. The molecule has 3 nitrogen and oxygen atoms in total. The summed E-state index contributed by atoms with van der Waals surface area (Å²) in [6, 6.07) is 9.22. The van der Waals surface area contributed by atoms with E-state index in [-0.39, 0.29) is 0 Å². The fraction of sp³-hybridized carbons (Fsp3) is 0.647. The van der Waals surface area contributed by atoms with Gasteiger partial charge in [-0.1, -0.05) is 25.1 Å². The second-order valence-electron chi connectivity index (χ2n) is 6.69. The molecule has 110 valence electrons. The van der Waals surface area contributed by atoms with Gasteiger partial charge in [0.05, 0.1) is 7.11 Å². The lowest BCUT2D eigenvalue weighted by molar-refractivity contribution is 0.161. The number of hydrogen-bond donors (Lipinski definition) is 1. The largest absolute Gasteiger partial charge is 0.496 e. The summed E-state index contributed by atoms with van der Waals surface area (Å²) in [5.74, 6) is 1.02. The molecule has 20 heavy (non-hydrogen) atoms. The highest BCUT2D eigenvalue weighted by molar-refractivity contribution is 5.33. The fourth-order valence-corrected chi connectivity index (χ4v) is 3.30. The summed E-state index contributed by atoms with van der Waals surface area (Å²) in [6.07, 6.45) is 4.01. The maximum Gasteiger partial charge on any atom is 0.123 e. The van der Waals surface area contributed by atoms with E-state index in [2.05, 4.69) is 35.3 Å². The van der Waals surface area contributed by atoms with Crippen LogP contribution in [0.2, 0.25) is 0 Å². The van der Waals surface area contributed by atoms with Crippen LogP contribution in [0.5, 0.6) is 5.75 Å². The van der Waals surface area contributed by atoms with Gasteiger partial charge in [-0.15, -0.1) is 0 Å². The van der Waals surface area contributed by atoms with Crippen LogP contribution in [0.1, 0.15) is 31.7 Å². The fourth-order valence-electron chi connectivity index (χ4n) is 3.30. The molecule has 1 saturated heterocycles. The zero-order valence-corrected chi connectivity index (χ0v) is 12.7. The average Bonchev–Trinajstić information content (AvgIpc) is 3.22. The smallest absolute Gasteiger partial charge is 0.123 e. The summed E-state index contributed by atoms with van der Waals surface area (Å²) in [4.78, 5) is 2.67. The lowest BCUT2D eigenvalue weighted by Gasteiger charge is -2.32. The SMILES string of the molecule is COc1ccccc1CN(CC1(C)CCNC1)C1CC1. The monoisotopic (exact) mass is 274 g/mol. The standard InChI is InChI=1S/C17H26N2O/c1-17(9-10-18-12-17)13-19(15-7-8-15)11-14-5-3-4-6-16(14)20-2/h3-6,15,18H,7-13H2,1-2H3. The van der Waals surface area contributed by atoms with Gasteiger partial charge in [0.2, 0.25) is 0 Å². The van der Waals surface area contributed by atoms with Crippen molar-refractivity contribution >= 4 is 0 Å². The van der Waals surface area contributed by atoms with Crippen LogP contribution in [-0.4, -0.2) is 37.7 Å². The van der Waals surface area contributed by atoms with Gasteiger partial charge in [0.1, 0.15) is 5.75 Å². The Morgan fingerprint density at radius 2 is 2.15 bits per heavy atom. The van der Waals surface area contributed by atoms with E-state index in [0.717, 1.165) is 24.9 Å². The molecule has 1 saturated carbocycles. The van der Waals surface area contributed by atoms with Gasteiger partial charge in [-0.2, -0.15) is 0 Å². The molecule has 1 heterocycles. The number of ether oxygens (including phenoxy) is 1. The van der Waals surface area contributed by atoms with E-state index in [0.29, 0.717) is 5.41 Å². The van der Waals surface area contributed by atoms with Crippen LogP contribution in [0.15, 0.2) is 24.3 Å². The first-order valence-corrected chi connectivity index (χ1v) is 7.77. The maximum atomic E-state index is 5.50. The van der Waals surface area contributed by atoms with E-state index in [4.69, 9.17) is 4.74 Å². The van der Waals surface area contributed by atoms with E-state index < -0.39 is 0 Å². The molecule has 1 aliphatic carbocycles. The van der Waals surface area contributed by atoms with Gasteiger partial charge in [0, 0.05) is 31.2 Å². The van der Waals surface area contributed by atoms with Crippen molar-refractivity contribution in [3.8, 4) is 5.75 Å². The van der Waals surface area contributed by atoms with Crippen molar-refractivity contribution in [2.75, 3.05) is 26.7 Å². The van der Waals surface area contributed by atoms with Crippen LogP contribution in [0, 0.1) is 5.41 Å². The van der Waals surface area contributed by atoms with Crippen LogP contribution in [0.4, 0.5) is 0 Å². The zero-order valence-electron chi connectivity index (χ0n) is 12.7. The highest BCUT2D eigenvalue weighted by Gasteiger charge is 2.36. The number of para-hydroxylation sites is 1. The molecule has 0 aromatic heterocycles. The third-order valence-corrected chi connectivity index (χ3v) is 4.67. The number of rotatable bonds is 6. The normalized spacial score (nSPS) is 26.1. The lowest BCUT2D eigenvalue weighted by Crippen LogP contribution is -2.38. The van der Waals surface area contributed by atoms with Crippen molar-refractivity contribution in [2.45, 2.75) is 38.8 Å². The molecule has 0 amide bonds. The Bertz CT molecular complexity index is 450. The Morgan fingerprint density at radius 3 is 2.80 bits per heavy atom. The lowest BCUT2D eigenvalue weighted by atomic mass is 9.89. The second kappa shape index (κ2) is 5.74. The van der Waals surface area contributed by atoms with Crippen LogP contribution in [-0.2, 0) is 6.54 Å². The number of methoxy groups -OCH3 is 1. The predicted octanol–water partition coefficient (Wildman–Crippen LogP) is 2.66. The van der Waals surface area contributed by atoms with Gasteiger partial charge >= 0.3 is 0 Å².